The van der Waals surface area contributed by atoms with Gasteiger partial charge >= 0.3 is 0 Å². The predicted octanol–water partition coefficient (Wildman–Crippen LogP) is 3.38. The quantitative estimate of drug-likeness (QED) is 0.555. The monoisotopic (exact) mass is 170 g/mol. The van der Waals surface area contributed by atoms with Crippen LogP contribution in [0.4, 0.5) is 0 Å². The molecular weight excluding hydrogens is 148 g/mol. The maximum absolute atomic E-state index is 5.34. The molecule has 0 aliphatic carbocycles. The molecule has 1 saturated heterocycles. The first-order valence-electron chi connectivity index (χ1n) is 5.51. The molecule has 0 amide bonds. The molecule has 0 bridgehead atoms. The highest BCUT2D eigenvalue weighted by atomic mass is 16.5. The average Bonchev–Trinajstić information content (AvgIpc) is 2.57. The summed E-state index contributed by atoms with van der Waals surface area (Å²) in [6.07, 6.45) is 9.79. The van der Waals surface area contributed by atoms with Gasteiger partial charge in [0.1, 0.15) is 0 Å². The van der Waals surface area contributed by atoms with Crippen molar-refractivity contribution >= 4 is 0 Å². The molecule has 72 valence electrons. The Morgan fingerprint density at radius 1 is 1.17 bits per heavy atom. The van der Waals surface area contributed by atoms with Crippen LogP contribution in [0.2, 0.25) is 0 Å². The van der Waals surface area contributed by atoms with Crippen LogP contribution < -0.4 is 0 Å². The lowest BCUT2D eigenvalue weighted by Gasteiger charge is -2.05. The molecule has 0 N–H and O–H groups in total. The molecule has 1 atom stereocenters. The molecular formula is C11H22O. The first-order chi connectivity index (χ1) is 5.93. The van der Waals surface area contributed by atoms with E-state index in [0.717, 1.165) is 19.1 Å². The van der Waals surface area contributed by atoms with E-state index in [9.17, 15) is 0 Å². The summed E-state index contributed by atoms with van der Waals surface area (Å²) in [5.41, 5.74) is 0. The Labute approximate surface area is 76.5 Å². The Bertz CT molecular complexity index is 95.2. The molecule has 1 aliphatic heterocycles. The van der Waals surface area contributed by atoms with Gasteiger partial charge in [-0.05, 0) is 18.8 Å². The van der Waals surface area contributed by atoms with Gasteiger partial charge in [-0.25, -0.2) is 0 Å². The molecule has 0 aromatic carbocycles. The summed E-state index contributed by atoms with van der Waals surface area (Å²) in [6, 6.07) is 0. The molecule has 0 aromatic heterocycles. The van der Waals surface area contributed by atoms with Crippen LogP contribution >= 0.6 is 0 Å². The second-order valence-corrected chi connectivity index (χ2v) is 3.93. The fourth-order valence-corrected chi connectivity index (χ4v) is 1.85. The van der Waals surface area contributed by atoms with Gasteiger partial charge in [-0.3, -0.25) is 0 Å². The van der Waals surface area contributed by atoms with Gasteiger partial charge in [0.2, 0.25) is 0 Å². The van der Waals surface area contributed by atoms with E-state index < -0.39 is 0 Å². The summed E-state index contributed by atoms with van der Waals surface area (Å²) in [5, 5.41) is 0. The Hall–Kier alpha value is -0.0400. The van der Waals surface area contributed by atoms with Crippen molar-refractivity contribution in [1.82, 2.24) is 0 Å². The summed E-state index contributed by atoms with van der Waals surface area (Å²) >= 11 is 0. The molecule has 0 radical (unpaired) electrons. The Balaban J connectivity index is 1.81. The molecule has 1 rings (SSSR count). The van der Waals surface area contributed by atoms with Crippen molar-refractivity contribution in [3.63, 3.8) is 0 Å². The third-order valence-electron chi connectivity index (χ3n) is 2.74. The van der Waals surface area contributed by atoms with E-state index in [1.165, 1.54) is 44.9 Å². The van der Waals surface area contributed by atoms with Crippen molar-refractivity contribution in [3.8, 4) is 0 Å². The molecule has 0 spiro atoms. The van der Waals surface area contributed by atoms with E-state index in [4.69, 9.17) is 4.74 Å². The molecule has 12 heavy (non-hydrogen) atoms. The first-order valence-corrected chi connectivity index (χ1v) is 5.51. The van der Waals surface area contributed by atoms with Gasteiger partial charge in [0.15, 0.2) is 0 Å². The Morgan fingerprint density at radius 3 is 2.67 bits per heavy atom. The van der Waals surface area contributed by atoms with Crippen molar-refractivity contribution in [1.29, 1.82) is 0 Å². The van der Waals surface area contributed by atoms with Crippen LogP contribution in [-0.2, 0) is 4.74 Å². The minimum atomic E-state index is 0.895. The van der Waals surface area contributed by atoms with Gasteiger partial charge in [0, 0.05) is 13.2 Å². The standard InChI is InChI=1S/C11H22O/c1-2-3-4-5-6-7-11-8-9-12-10-11/h11H,2-10H2,1H3. The van der Waals surface area contributed by atoms with Crippen molar-refractivity contribution in [3.05, 3.63) is 0 Å². The third-order valence-corrected chi connectivity index (χ3v) is 2.74. The average molecular weight is 170 g/mol. The summed E-state index contributed by atoms with van der Waals surface area (Å²) in [4.78, 5) is 0. The van der Waals surface area contributed by atoms with Gasteiger partial charge in [-0.15, -0.1) is 0 Å². The minimum Gasteiger partial charge on any atom is -0.381 e. The lowest BCUT2D eigenvalue weighted by Crippen LogP contribution is -1.98. The van der Waals surface area contributed by atoms with E-state index in [1.807, 2.05) is 0 Å². The van der Waals surface area contributed by atoms with Crippen LogP contribution in [0, 0.1) is 5.92 Å². The summed E-state index contributed by atoms with van der Waals surface area (Å²) in [6.45, 7) is 4.32. The largest absolute Gasteiger partial charge is 0.381 e. The SMILES string of the molecule is CCCCCCCC1CCOC1. The number of ether oxygens (including phenoxy) is 1. The molecule has 0 aromatic rings. The zero-order valence-corrected chi connectivity index (χ0v) is 8.35. The van der Waals surface area contributed by atoms with Crippen LogP contribution in [0.3, 0.4) is 0 Å². The summed E-state index contributed by atoms with van der Waals surface area (Å²) in [5.74, 6) is 0.895. The maximum atomic E-state index is 5.34. The zero-order valence-electron chi connectivity index (χ0n) is 8.35. The van der Waals surface area contributed by atoms with Crippen LogP contribution in [0.15, 0.2) is 0 Å². The smallest absolute Gasteiger partial charge is 0.0495 e. The van der Waals surface area contributed by atoms with Crippen molar-refractivity contribution in [2.45, 2.75) is 51.9 Å². The first kappa shape index (κ1) is 10.0. The van der Waals surface area contributed by atoms with E-state index in [-0.39, 0.29) is 0 Å². The fraction of sp³-hybridized carbons (Fsp3) is 1.00. The molecule has 1 nitrogen and oxygen atoms in total. The maximum Gasteiger partial charge on any atom is 0.0495 e. The number of rotatable bonds is 6. The zero-order chi connectivity index (χ0) is 8.65. The molecule has 1 heteroatoms. The molecule has 0 saturated carbocycles. The molecule has 1 fully saturated rings. The summed E-state index contributed by atoms with van der Waals surface area (Å²) < 4.78 is 5.34. The number of hydrogen-bond acceptors (Lipinski definition) is 1. The van der Waals surface area contributed by atoms with Crippen molar-refractivity contribution in [2.24, 2.45) is 5.92 Å². The summed E-state index contributed by atoms with van der Waals surface area (Å²) in [7, 11) is 0. The van der Waals surface area contributed by atoms with E-state index in [2.05, 4.69) is 6.92 Å². The highest BCUT2D eigenvalue weighted by molar-refractivity contribution is 4.63. The number of unbranched alkanes of at least 4 members (excludes halogenated alkanes) is 4. The topological polar surface area (TPSA) is 9.23 Å². The van der Waals surface area contributed by atoms with Gasteiger partial charge in [-0.2, -0.15) is 0 Å². The highest BCUT2D eigenvalue weighted by Gasteiger charge is 2.14. The van der Waals surface area contributed by atoms with Gasteiger partial charge in [-0.1, -0.05) is 39.0 Å². The van der Waals surface area contributed by atoms with E-state index in [1.54, 1.807) is 0 Å². The van der Waals surface area contributed by atoms with Crippen molar-refractivity contribution < 1.29 is 4.74 Å². The van der Waals surface area contributed by atoms with Crippen molar-refractivity contribution in [2.75, 3.05) is 13.2 Å². The Morgan fingerprint density at radius 2 is 2.00 bits per heavy atom. The second kappa shape index (κ2) is 6.47. The third kappa shape index (κ3) is 4.10. The predicted molar refractivity (Wildman–Crippen MR) is 52.3 cm³/mol. The fourth-order valence-electron chi connectivity index (χ4n) is 1.85. The lowest BCUT2D eigenvalue weighted by atomic mass is 10.00. The lowest BCUT2D eigenvalue weighted by molar-refractivity contribution is 0.183. The normalized spacial score (nSPS) is 23.2. The molecule has 1 unspecified atom stereocenters. The minimum absolute atomic E-state index is 0.895. The van der Waals surface area contributed by atoms with E-state index in [0.29, 0.717) is 0 Å². The molecule has 1 aliphatic rings. The van der Waals surface area contributed by atoms with Crippen LogP contribution in [0.1, 0.15) is 51.9 Å². The van der Waals surface area contributed by atoms with Crippen LogP contribution in [0.25, 0.3) is 0 Å². The Kier molecular flexibility index (Phi) is 5.42. The van der Waals surface area contributed by atoms with Crippen LogP contribution in [-0.4, -0.2) is 13.2 Å². The molecule has 1 heterocycles. The number of hydrogen-bond donors (Lipinski definition) is 0. The van der Waals surface area contributed by atoms with E-state index >= 15 is 0 Å². The van der Waals surface area contributed by atoms with Gasteiger partial charge < -0.3 is 4.74 Å². The highest BCUT2D eigenvalue weighted by Crippen LogP contribution is 2.19. The van der Waals surface area contributed by atoms with Crippen LogP contribution in [0.5, 0.6) is 0 Å². The van der Waals surface area contributed by atoms with Gasteiger partial charge in [0.05, 0.1) is 0 Å². The second-order valence-electron chi connectivity index (χ2n) is 3.93. The van der Waals surface area contributed by atoms with Gasteiger partial charge in [0.25, 0.3) is 0 Å².